The van der Waals surface area contributed by atoms with Crippen LogP contribution >= 0.6 is 0 Å². The average molecular weight is 232 g/mol. The van der Waals surface area contributed by atoms with Crippen LogP contribution in [0.3, 0.4) is 0 Å². The van der Waals surface area contributed by atoms with Crippen LogP contribution in [0.4, 0.5) is 5.69 Å². The predicted octanol–water partition coefficient (Wildman–Crippen LogP) is 2.92. The van der Waals surface area contributed by atoms with Crippen molar-refractivity contribution in [3.8, 4) is 0 Å². The maximum Gasteiger partial charge on any atom is 0.243 e. The third-order valence-corrected chi connectivity index (χ3v) is 3.03. The lowest BCUT2D eigenvalue weighted by atomic mass is 10.1. The second-order valence-electron chi connectivity index (χ2n) is 4.33. The Morgan fingerprint density at radius 3 is 2.41 bits per heavy atom. The maximum absolute atomic E-state index is 10.5. The molecule has 2 rings (SSSR count). The molecule has 0 atom stereocenters. The Labute approximate surface area is 101 Å². The van der Waals surface area contributed by atoms with E-state index in [4.69, 9.17) is 0 Å². The maximum atomic E-state index is 10.5. The largest absolute Gasteiger partial charge is 0.372 e. The molecule has 1 aliphatic rings. The van der Waals surface area contributed by atoms with Gasteiger partial charge in [-0.15, -0.1) is 0 Å². The van der Waals surface area contributed by atoms with Crippen LogP contribution in [-0.4, -0.2) is 18.0 Å². The van der Waals surface area contributed by atoms with E-state index in [0.717, 1.165) is 18.7 Å². The van der Waals surface area contributed by atoms with Gasteiger partial charge in [-0.2, -0.15) is 0 Å². The van der Waals surface area contributed by atoms with Crippen molar-refractivity contribution in [2.45, 2.75) is 19.8 Å². The van der Waals surface area contributed by atoms with Crippen LogP contribution in [0.25, 0.3) is 6.08 Å². The van der Waals surface area contributed by atoms with E-state index in [1.165, 1.54) is 25.5 Å². The molecule has 0 spiro atoms. The van der Waals surface area contributed by atoms with Gasteiger partial charge in [0.05, 0.1) is 4.92 Å². The van der Waals surface area contributed by atoms with Crippen molar-refractivity contribution < 1.29 is 4.92 Å². The number of hydrogen-bond donors (Lipinski definition) is 0. The van der Waals surface area contributed by atoms with Crippen LogP contribution < -0.4 is 4.90 Å². The summed E-state index contributed by atoms with van der Waals surface area (Å²) in [6, 6.07) is 7.93. The van der Waals surface area contributed by atoms with Gasteiger partial charge in [0.1, 0.15) is 0 Å². The molecule has 4 nitrogen and oxygen atoms in total. The molecular weight excluding hydrogens is 216 g/mol. The highest BCUT2D eigenvalue weighted by atomic mass is 16.6. The van der Waals surface area contributed by atoms with Gasteiger partial charge in [0.15, 0.2) is 0 Å². The molecule has 0 N–H and O–H groups in total. The second-order valence-corrected chi connectivity index (χ2v) is 4.33. The summed E-state index contributed by atoms with van der Waals surface area (Å²) in [6.45, 7) is 3.74. The van der Waals surface area contributed by atoms with Gasteiger partial charge in [0.25, 0.3) is 0 Å². The van der Waals surface area contributed by atoms with E-state index in [2.05, 4.69) is 4.90 Å². The highest BCUT2D eigenvalue weighted by Gasteiger charge is 2.11. The molecule has 0 radical (unpaired) electrons. The Kier molecular flexibility index (Phi) is 3.42. The fourth-order valence-corrected chi connectivity index (χ4v) is 2.05. The van der Waals surface area contributed by atoms with Gasteiger partial charge in [0, 0.05) is 31.8 Å². The molecule has 1 aromatic carbocycles. The fraction of sp³-hybridized carbons (Fsp3) is 0.385. The Hall–Kier alpha value is -1.84. The Morgan fingerprint density at radius 2 is 1.88 bits per heavy atom. The quantitative estimate of drug-likeness (QED) is 0.594. The summed E-state index contributed by atoms with van der Waals surface area (Å²) in [5, 5.41) is 10.5. The summed E-state index contributed by atoms with van der Waals surface area (Å²) >= 11 is 0. The van der Waals surface area contributed by atoms with E-state index in [-0.39, 0.29) is 10.6 Å². The van der Waals surface area contributed by atoms with Gasteiger partial charge in [0.2, 0.25) is 5.70 Å². The van der Waals surface area contributed by atoms with Crippen molar-refractivity contribution in [2.75, 3.05) is 18.0 Å². The molecule has 4 heteroatoms. The third-order valence-electron chi connectivity index (χ3n) is 3.03. The van der Waals surface area contributed by atoms with E-state index in [9.17, 15) is 10.1 Å². The minimum Gasteiger partial charge on any atom is -0.372 e. The van der Waals surface area contributed by atoms with Crippen LogP contribution in [-0.2, 0) is 0 Å². The first-order chi connectivity index (χ1) is 8.16. The van der Waals surface area contributed by atoms with Gasteiger partial charge in [-0.1, -0.05) is 12.1 Å². The minimum absolute atomic E-state index is 0.166. The summed E-state index contributed by atoms with van der Waals surface area (Å²) in [7, 11) is 0. The third kappa shape index (κ3) is 2.84. The van der Waals surface area contributed by atoms with Crippen LogP contribution in [0.15, 0.2) is 30.0 Å². The molecule has 17 heavy (non-hydrogen) atoms. The molecule has 0 bridgehead atoms. The van der Waals surface area contributed by atoms with Gasteiger partial charge in [-0.05, 0) is 30.5 Å². The molecule has 90 valence electrons. The lowest BCUT2D eigenvalue weighted by Crippen LogP contribution is -2.17. The predicted molar refractivity (Wildman–Crippen MR) is 68.5 cm³/mol. The zero-order chi connectivity index (χ0) is 12.3. The average Bonchev–Trinajstić information content (AvgIpc) is 2.83. The number of hydrogen-bond acceptors (Lipinski definition) is 3. The number of nitro groups is 1. The zero-order valence-electron chi connectivity index (χ0n) is 9.93. The fourth-order valence-electron chi connectivity index (χ4n) is 2.05. The molecule has 0 unspecified atom stereocenters. The van der Waals surface area contributed by atoms with E-state index in [1.54, 1.807) is 6.08 Å². The van der Waals surface area contributed by atoms with Crippen molar-refractivity contribution in [3.63, 3.8) is 0 Å². The van der Waals surface area contributed by atoms with E-state index in [0.29, 0.717) is 0 Å². The van der Waals surface area contributed by atoms with Crippen LogP contribution in [0.1, 0.15) is 25.3 Å². The molecule has 1 aromatic rings. The molecule has 0 amide bonds. The van der Waals surface area contributed by atoms with Crippen LogP contribution in [0.2, 0.25) is 0 Å². The monoisotopic (exact) mass is 232 g/mol. The summed E-state index contributed by atoms with van der Waals surface area (Å²) in [6.07, 6.45) is 4.10. The number of benzene rings is 1. The Morgan fingerprint density at radius 1 is 1.29 bits per heavy atom. The van der Waals surface area contributed by atoms with Crippen molar-refractivity contribution in [3.05, 3.63) is 45.6 Å². The second kappa shape index (κ2) is 4.99. The zero-order valence-corrected chi connectivity index (χ0v) is 9.93. The summed E-state index contributed by atoms with van der Waals surface area (Å²) in [5.41, 5.74) is 2.25. The first-order valence-corrected chi connectivity index (χ1v) is 5.84. The highest BCUT2D eigenvalue weighted by molar-refractivity contribution is 5.56. The van der Waals surface area contributed by atoms with Crippen molar-refractivity contribution in [1.29, 1.82) is 0 Å². The normalized spacial score (nSPS) is 16.3. The molecule has 0 saturated carbocycles. The van der Waals surface area contributed by atoms with Gasteiger partial charge in [-0.25, -0.2) is 0 Å². The molecular formula is C13H16N2O2. The van der Waals surface area contributed by atoms with E-state index >= 15 is 0 Å². The van der Waals surface area contributed by atoms with Crippen LogP contribution in [0.5, 0.6) is 0 Å². The molecule has 0 aromatic heterocycles. The summed E-state index contributed by atoms with van der Waals surface area (Å²) in [4.78, 5) is 12.5. The lowest BCUT2D eigenvalue weighted by molar-refractivity contribution is -0.422. The first-order valence-electron chi connectivity index (χ1n) is 5.84. The standard InChI is InChI=1S/C13H16N2O2/c1-11(15(16)17)10-12-4-6-13(7-5-12)14-8-2-3-9-14/h4-7,10H,2-3,8-9H2,1H3. The molecule has 1 saturated heterocycles. The number of nitrogens with zero attached hydrogens (tertiary/aromatic N) is 2. The first kappa shape index (κ1) is 11.6. The molecule has 1 heterocycles. The Balaban J connectivity index is 2.12. The SMILES string of the molecule is CC(=Cc1ccc(N2CCCC2)cc1)[N+](=O)[O-]. The van der Waals surface area contributed by atoms with Crippen molar-refractivity contribution in [1.82, 2.24) is 0 Å². The van der Waals surface area contributed by atoms with Gasteiger partial charge < -0.3 is 4.90 Å². The molecule has 1 aliphatic heterocycles. The van der Waals surface area contributed by atoms with Gasteiger partial charge >= 0.3 is 0 Å². The highest BCUT2D eigenvalue weighted by Crippen LogP contribution is 2.21. The topological polar surface area (TPSA) is 46.4 Å². The molecule has 0 aliphatic carbocycles. The van der Waals surface area contributed by atoms with E-state index < -0.39 is 0 Å². The summed E-state index contributed by atoms with van der Waals surface area (Å²) in [5.74, 6) is 0. The summed E-state index contributed by atoms with van der Waals surface area (Å²) < 4.78 is 0. The molecule has 1 fully saturated rings. The Bertz CT molecular complexity index is 431. The van der Waals surface area contributed by atoms with Crippen molar-refractivity contribution >= 4 is 11.8 Å². The van der Waals surface area contributed by atoms with Crippen LogP contribution in [0, 0.1) is 10.1 Å². The van der Waals surface area contributed by atoms with Crippen molar-refractivity contribution in [2.24, 2.45) is 0 Å². The minimum atomic E-state index is -0.367. The smallest absolute Gasteiger partial charge is 0.243 e. The number of allylic oxidation sites excluding steroid dienone is 1. The lowest BCUT2D eigenvalue weighted by Gasteiger charge is -2.17. The number of anilines is 1. The van der Waals surface area contributed by atoms with E-state index in [1.807, 2.05) is 24.3 Å². The number of rotatable bonds is 3. The van der Waals surface area contributed by atoms with Gasteiger partial charge in [-0.3, -0.25) is 10.1 Å².